The Labute approximate surface area is 193 Å². The second-order valence-electron chi connectivity index (χ2n) is 6.91. The highest BCUT2D eigenvalue weighted by Gasteiger charge is 2.29. The number of hydrogen-bond acceptors (Lipinski definition) is 8. The zero-order chi connectivity index (χ0) is 23.4. The Bertz CT molecular complexity index is 1400. The van der Waals surface area contributed by atoms with E-state index in [9.17, 15) is 18.0 Å². The van der Waals surface area contributed by atoms with Crippen molar-refractivity contribution in [1.29, 1.82) is 0 Å². The van der Waals surface area contributed by atoms with E-state index in [2.05, 4.69) is 23.5 Å². The van der Waals surface area contributed by atoms with Crippen molar-refractivity contribution in [2.75, 3.05) is 12.4 Å². The van der Waals surface area contributed by atoms with Gasteiger partial charge in [-0.15, -0.1) is 0 Å². The van der Waals surface area contributed by atoms with Gasteiger partial charge >= 0.3 is 5.97 Å². The number of nitrogens with one attached hydrogen (secondary N) is 2. The molecule has 3 aromatic carbocycles. The number of methoxy groups -OCH3 is 1. The van der Waals surface area contributed by atoms with Crippen LogP contribution >= 0.6 is 11.7 Å². The van der Waals surface area contributed by atoms with Gasteiger partial charge in [0.1, 0.15) is 22.0 Å². The molecular formula is C22H18N4O5S2. The molecule has 9 nitrogen and oxygen atoms in total. The van der Waals surface area contributed by atoms with Crippen molar-refractivity contribution in [3.63, 3.8) is 0 Å². The summed E-state index contributed by atoms with van der Waals surface area (Å²) in [5.74, 6) is -1.10. The number of hydrogen-bond donors (Lipinski definition) is 2. The van der Waals surface area contributed by atoms with Crippen molar-refractivity contribution < 1.29 is 22.7 Å². The van der Waals surface area contributed by atoms with E-state index in [1.807, 2.05) is 0 Å². The van der Waals surface area contributed by atoms with Crippen LogP contribution in [0.1, 0.15) is 22.0 Å². The van der Waals surface area contributed by atoms with E-state index < -0.39 is 27.9 Å². The van der Waals surface area contributed by atoms with E-state index in [0.29, 0.717) is 22.3 Å². The SMILES string of the molecule is COC(=O)c1ccc(NC(=O)[C@H](NS(=O)(=O)c2cccc3nsnc23)c2ccccc2)cc1. The lowest BCUT2D eigenvalue weighted by Crippen LogP contribution is -2.37. The van der Waals surface area contributed by atoms with E-state index in [0.717, 1.165) is 11.7 Å². The molecule has 0 bridgehead atoms. The summed E-state index contributed by atoms with van der Waals surface area (Å²) >= 11 is 0.907. The van der Waals surface area contributed by atoms with E-state index in [1.54, 1.807) is 42.5 Å². The molecule has 0 aliphatic rings. The third-order valence-corrected chi connectivity index (χ3v) is 6.78. The first kappa shape index (κ1) is 22.5. The molecule has 0 saturated heterocycles. The number of carbonyl (C=O) groups excluding carboxylic acids is 2. The van der Waals surface area contributed by atoms with Crippen LogP contribution in [0.15, 0.2) is 77.7 Å². The molecule has 2 N–H and O–H groups in total. The first-order valence-electron chi connectivity index (χ1n) is 9.67. The number of ether oxygens (including phenoxy) is 1. The second-order valence-corrected chi connectivity index (χ2v) is 9.12. The Morgan fingerprint density at radius 2 is 1.67 bits per heavy atom. The van der Waals surface area contributed by atoms with Crippen LogP contribution in [0.4, 0.5) is 5.69 Å². The molecule has 0 radical (unpaired) electrons. The van der Waals surface area contributed by atoms with E-state index in [4.69, 9.17) is 0 Å². The third kappa shape index (κ3) is 4.90. The van der Waals surface area contributed by atoms with E-state index in [-0.39, 0.29) is 10.4 Å². The van der Waals surface area contributed by atoms with E-state index in [1.165, 1.54) is 37.4 Å². The fourth-order valence-electron chi connectivity index (χ4n) is 3.16. The van der Waals surface area contributed by atoms with Gasteiger partial charge in [0.05, 0.1) is 24.4 Å². The first-order chi connectivity index (χ1) is 15.9. The average molecular weight is 483 g/mol. The quantitative estimate of drug-likeness (QED) is 0.387. The highest BCUT2D eigenvalue weighted by molar-refractivity contribution is 7.89. The summed E-state index contributed by atoms with van der Waals surface area (Å²) in [7, 11) is -2.86. The lowest BCUT2D eigenvalue weighted by atomic mass is 10.1. The van der Waals surface area contributed by atoms with Crippen molar-refractivity contribution >= 4 is 50.3 Å². The molecule has 0 fully saturated rings. The number of sulfonamides is 1. The largest absolute Gasteiger partial charge is 0.465 e. The van der Waals surface area contributed by atoms with Gasteiger partial charge in [-0.3, -0.25) is 4.79 Å². The van der Waals surface area contributed by atoms with Crippen molar-refractivity contribution in [3.8, 4) is 0 Å². The van der Waals surface area contributed by atoms with Gasteiger partial charge in [0.25, 0.3) is 0 Å². The summed E-state index contributed by atoms with van der Waals surface area (Å²) in [6.07, 6.45) is 0. The van der Waals surface area contributed by atoms with Crippen molar-refractivity contribution in [2.45, 2.75) is 10.9 Å². The lowest BCUT2D eigenvalue weighted by Gasteiger charge is -2.19. The number of rotatable bonds is 7. The highest BCUT2D eigenvalue weighted by atomic mass is 32.2. The summed E-state index contributed by atoms with van der Waals surface area (Å²) in [6, 6.07) is 18.0. The smallest absolute Gasteiger partial charge is 0.337 e. The predicted molar refractivity (Wildman–Crippen MR) is 123 cm³/mol. The molecule has 11 heteroatoms. The number of carbonyl (C=O) groups is 2. The Kier molecular flexibility index (Phi) is 6.45. The Hall–Kier alpha value is -3.67. The van der Waals surface area contributed by atoms with Gasteiger partial charge < -0.3 is 10.1 Å². The molecule has 0 saturated carbocycles. The maximum Gasteiger partial charge on any atom is 0.337 e. The normalized spacial score (nSPS) is 12.3. The maximum absolute atomic E-state index is 13.2. The minimum Gasteiger partial charge on any atom is -0.465 e. The molecule has 0 unspecified atom stereocenters. The van der Waals surface area contributed by atoms with Gasteiger partial charge in [0.2, 0.25) is 15.9 Å². The van der Waals surface area contributed by atoms with Gasteiger partial charge in [-0.2, -0.15) is 13.5 Å². The molecule has 4 aromatic rings. The average Bonchev–Trinajstić information content (AvgIpc) is 3.32. The molecule has 33 heavy (non-hydrogen) atoms. The van der Waals surface area contributed by atoms with Crippen LogP contribution in [0, 0.1) is 0 Å². The number of fused-ring (bicyclic) bond motifs is 1. The third-order valence-electron chi connectivity index (χ3n) is 4.78. The summed E-state index contributed by atoms with van der Waals surface area (Å²) in [4.78, 5) is 24.7. The molecule has 4 rings (SSSR count). The summed E-state index contributed by atoms with van der Waals surface area (Å²) in [5, 5.41) is 2.69. The molecule has 1 amide bonds. The molecule has 0 spiro atoms. The van der Waals surface area contributed by atoms with Crippen LogP contribution in [0.5, 0.6) is 0 Å². The van der Waals surface area contributed by atoms with Crippen LogP contribution in [-0.2, 0) is 19.6 Å². The molecule has 1 atom stereocenters. The van der Waals surface area contributed by atoms with Gasteiger partial charge in [-0.25, -0.2) is 13.2 Å². The summed E-state index contributed by atoms with van der Waals surface area (Å²) in [5.41, 5.74) is 1.85. The minimum absolute atomic E-state index is 0.0649. The zero-order valence-corrected chi connectivity index (χ0v) is 18.9. The number of nitrogens with zero attached hydrogens (tertiary/aromatic N) is 2. The van der Waals surface area contributed by atoms with E-state index >= 15 is 0 Å². The summed E-state index contributed by atoms with van der Waals surface area (Å²) < 4.78 is 41.8. The predicted octanol–water partition coefficient (Wildman–Crippen LogP) is 3.14. The standard InChI is InChI=1S/C22H18N4O5S2/c1-31-22(28)15-10-12-16(13-11-15)23-21(27)19(14-6-3-2-4-7-14)26-33(29,30)18-9-5-8-17-20(18)25-32-24-17/h2-13,19,26H,1H3,(H,23,27)/t19-/m1/s1. The summed E-state index contributed by atoms with van der Waals surface area (Å²) in [6.45, 7) is 0. The fourth-order valence-corrected chi connectivity index (χ4v) is 5.11. The van der Waals surface area contributed by atoms with Crippen LogP contribution in [0.3, 0.4) is 0 Å². The minimum atomic E-state index is -4.13. The van der Waals surface area contributed by atoms with Gasteiger partial charge in [0.15, 0.2) is 0 Å². The zero-order valence-electron chi connectivity index (χ0n) is 17.3. The Morgan fingerprint density at radius 1 is 0.939 bits per heavy atom. The molecular weight excluding hydrogens is 464 g/mol. The second kappa shape index (κ2) is 9.45. The fraction of sp³-hybridized carbons (Fsp3) is 0.0909. The van der Waals surface area contributed by atoms with Crippen LogP contribution in [-0.4, -0.2) is 36.2 Å². The Balaban J connectivity index is 1.64. The number of amides is 1. The molecule has 1 heterocycles. The number of esters is 1. The van der Waals surface area contributed by atoms with Gasteiger partial charge in [0, 0.05) is 5.69 Å². The molecule has 0 aliphatic carbocycles. The lowest BCUT2D eigenvalue weighted by molar-refractivity contribution is -0.117. The van der Waals surface area contributed by atoms with Crippen molar-refractivity contribution in [2.24, 2.45) is 0 Å². The number of aromatic nitrogens is 2. The highest BCUT2D eigenvalue weighted by Crippen LogP contribution is 2.24. The maximum atomic E-state index is 13.2. The van der Waals surface area contributed by atoms with Gasteiger partial charge in [-0.05, 0) is 42.0 Å². The topological polar surface area (TPSA) is 127 Å². The molecule has 0 aliphatic heterocycles. The Morgan fingerprint density at radius 3 is 2.36 bits per heavy atom. The first-order valence-corrected chi connectivity index (χ1v) is 11.9. The number of anilines is 1. The van der Waals surface area contributed by atoms with Crippen LogP contribution in [0.25, 0.3) is 11.0 Å². The van der Waals surface area contributed by atoms with Gasteiger partial charge in [-0.1, -0.05) is 36.4 Å². The van der Waals surface area contributed by atoms with Crippen molar-refractivity contribution in [3.05, 3.63) is 83.9 Å². The number of benzene rings is 3. The molecule has 1 aromatic heterocycles. The van der Waals surface area contributed by atoms with Crippen LogP contribution < -0.4 is 10.0 Å². The monoisotopic (exact) mass is 482 g/mol. The van der Waals surface area contributed by atoms with Crippen LogP contribution in [0.2, 0.25) is 0 Å². The van der Waals surface area contributed by atoms with Crippen molar-refractivity contribution in [1.82, 2.24) is 13.5 Å². The molecule has 168 valence electrons.